The van der Waals surface area contributed by atoms with Gasteiger partial charge in [-0.2, -0.15) is 0 Å². The quantitative estimate of drug-likeness (QED) is 0.767. The number of carbonyl (C=O) groups excluding carboxylic acids is 1. The van der Waals surface area contributed by atoms with E-state index in [4.69, 9.17) is 4.52 Å². The van der Waals surface area contributed by atoms with Crippen LogP contribution in [-0.2, 0) is 6.42 Å². The number of aromatic nitrogens is 1. The fourth-order valence-electron chi connectivity index (χ4n) is 2.34. The summed E-state index contributed by atoms with van der Waals surface area (Å²) in [7, 11) is 1.95. The molecule has 0 fully saturated rings. The molecular weight excluding hydrogens is 254 g/mol. The first-order chi connectivity index (χ1) is 9.46. The zero-order valence-electron chi connectivity index (χ0n) is 13.2. The number of aryl methyl sites for hydroxylation is 1. The van der Waals surface area contributed by atoms with Crippen LogP contribution in [0.2, 0.25) is 0 Å². The Morgan fingerprint density at radius 2 is 2.20 bits per heavy atom. The SMILES string of the molecule is CCCC(C)(CNC(=O)c1cc(CC)on1)C(C)NC. The molecule has 0 aromatic carbocycles. The molecule has 5 nitrogen and oxygen atoms in total. The second kappa shape index (κ2) is 7.43. The molecule has 0 aliphatic heterocycles. The summed E-state index contributed by atoms with van der Waals surface area (Å²) >= 11 is 0. The van der Waals surface area contributed by atoms with Gasteiger partial charge in [-0.15, -0.1) is 0 Å². The third kappa shape index (κ3) is 4.07. The van der Waals surface area contributed by atoms with E-state index >= 15 is 0 Å². The fraction of sp³-hybridized carbons (Fsp3) is 0.733. The van der Waals surface area contributed by atoms with Gasteiger partial charge in [-0.3, -0.25) is 4.79 Å². The van der Waals surface area contributed by atoms with Gasteiger partial charge in [0.05, 0.1) is 0 Å². The van der Waals surface area contributed by atoms with Crippen molar-refractivity contribution in [2.75, 3.05) is 13.6 Å². The molecule has 5 heteroatoms. The zero-order chi connectivity index (χ0) is 15.2. The van der Waals surface area contributed by atoms with E-state index in [0.717, 1.165) is 25.0 Å². The second-order valence-corrected chi connectivity index (χ2v) is 5.63. The van der Waals surface area contributed by atoms with Crippen molar-refractivity contribution in [1.82, 2.24) is 15.8 Å². The predicted molar refractivity (Wildman–Crippen MR) is 79.8 cm³/mol. The van der Waals surface area contributed by atoms with Gasteiger partial charge in [0.1, 0.15) is 5.76 Å². The van der Waals surface area contributed by atoms with E-state index in [1.807, 2.05) is 14.0 Å². The first-order valence-corrected chi connectivity index (χ1v) is 7.37. The van der Waals surface area contributed by atoms with Crippen LogP contribution in [0.1, 0.15) is 56.8 Å². The van der Waals surface area contributed by atoms with Crippen LogP contribution in [0, 0.1) is 5.41 Å². The first-order valence-electron chi connectivity index (χ1n) is 7.37. The molecule has 1 heterocycles. The van der Waals surface area contributed by atoms with Crippen LogP contribution in [0.3, 0.4) is 0 Å². The van der Waals surface area contributed by atoms with Crippen LogP contribution in [-0.4, -0.2) is 30.7 Å². The molecule has 2 atom stereocenters. The van der Waals surface area contributed by atoms with Gasteiger partial charge in [0.2, 0.25) is 0 Å². The van der Waals surface area contributed by atoms with Crippen LogP contribution in [0.5, 0.6) is 0 Å². The number of nitrogens with zero attached hydrogens (tertiary/aromatic N) is 1. The summed E-state index contributed by atoms with van der Waals surface area (Å²) in [6, 6.07) is 2.03. The average molecular weight is 281 g/mol. The van der Waals surface area contributed by atoms with Crippen molar-refractivity contribution in [3.63, 3.8) is 0 Å². The number of nitrogens with one attached hydrogen (secondary N) is 2. The number of hydrogen-bond donors (Lipinski definition) is 2. The number of hydrogen-bond acceptors (Lipinski definition) is 4. The Hall–Kier alpha value is -1.36. The lowest BCUT2D eigenvalue weighted by Gasteiger charge is -2.35. The van der Waals surface area contributed by atoms with E-state index in [2.05, 4.69) is 36.6 Å². The molecule has 0 aliphatic carbocycles. The topological polar surface area (TPSA) is 67.2 Å². The lowest BCUT2D eigenvalue weighted by Crippen LogP contribution is -2.47. The van der Waals surface area contributed by atoms with Gasteiger partial charge in [-0.25, -0.2) is 0 Å². The largest absolute Gasteiger partial charge is 0.361 e. The van der Waals surface area contributed by atoms with Crippen molar-refractivity contribution in [1.29, 1.82) is 0 Å². The molecule has 0 aliphatic rings. The van der Waals surface area contributed by atoms with Crippen LogP contribution in [0.4, 0.5) is 0 Å². The van der Waals surface area contributed by atoms with Gasteiger partial charge < -0.3 is 15.2 Å². The monoisotopic (exact) mass is 281 g/mol. The van der Waals surface area contributed by atoms with Gasteiger partial charge in [-0.05, 0) is 25.8 Å². The highest BCUT2D eigenvalue weighted by molar-refractivity contribution is 5.92. The summed E-state index contributed by atoms with van der Waals surface area (Å²) in [6.45, 7) is 9.09. The minimum atomic E-state index is -0.168. The van der Waals surface area contributed by atoms with Crippen molar-refractivity contribution < 1.29 is 9.32 Å². The summed E-state index contributed by atoms with van der Waals surface area (Å²) in [6.07, 6.45) is 2.88. The van der Waals surface area contributed by atoms with Crippen LogP contribution >= 0.6 is 0 Å². The van der Waals surface area contributed by atoms with E-state index in [1.54, 1.807) is 6.07 Å². The molecule has 2 N–H and O–H groups in total. The molecule has 2 unspecified atom stereocenters. The number of carbonyl (C=O) groups is 1. The fourth-order valence-corrected chi connectivity index (χ4v) is 2.34. The normalized spacial score (nSPS) is 15.7. The third-order valence-corrected chi connectivity index (χ3v) is 4.09. The Labute approximate surface area is 121 Å². The molecule has 114 valence electrons. The summed E-state index contributed by atoms with van der Waals surface area (Å²) in [5.74, 6) is 0.564. The molecule has 1 rings (SSSR count). The summed E-state index contributed by atoms with van der Waals surface area (Å²) in [4.78, 5) is 12.1. The van der Waals surface area contributed by atoms with Crippen molar-refractivity contribution >= 4 is 5.91 Å². The summed E-state index contributed by atoms with van der Waals surface area (Å²) in [5, 5.41) is 10.1. The molecule has 1 amide bonds. The molecule has 20 heavy (non-hydrogen) atoms. The third-order valence-electron chi connectivity index (χ3n) is 4.09. The molecule has 1 aromatic heterocycles. The van der Waals surface area contributed by atoms with Gasteiger partial charge >= 0.3 is 0 Å². The minimum Gasteiger partial charge on any atom is -0.361 e. The summed E-state index contributed by atoms with van der Waals surface area (Å²) in [5.41, 5.74) is 0.383. The molecule has 0 radical (unpaired) electrons. The highest BCUT2D eigenvalue weighted by Gasteiger charge is 2.30. The van der Waals surface area contributed by atoms with Crippen LogP contribution in [0.15, 0.2) is 10.6 Å². The maximum atomic E-state index is 12.1. The zero-order valence-corrected chi connectivity index (χ0v) is 13.2. The van der Waals surface area contributed by atoms with E-state index < -0.39 is 0 Å². The predicted octanol–water partition coefficient (Wildman–Crippen LogP) is 2.38. The van der Waals surface area contributed by atoms with E-state index in [0.29, 0.717) is 18.3 Å². The number of amides is 1. The van der Waals surface area contributed by atoms with Crippen molar-refractivity contribution in [3.05, 3.63) is 17.5 Å². The van der Waals surface area contributed by atoms with Gasteiger partial charge in [-0.1, -0.05) is 32.3 Å². The van der Waals surface area contributed by atoms with Gasteiger partial charge in [0.15, 0.2) is 5.69 Å². The lowest BCUT2D eigenvalue weighted by molar-refractivity contribution is 0.0909. The maximum absolute atomic E-state index is 12.1. The first kappa shape index (κ1) is 16.7. The molecule has 0 saturated carbocycles. The van der Waals surface area contributed by atoms with E-state index in [9.17, 15) is 4.79 Å². The minimum absolute atomic E-state index is 0.0243. The highest BCUT2D eigenvalue weighted by Crippen LogP contribution is 2.26. The Kier molecular flexibility index (Phi) is 6.20. The molecule has 1 aromatic rings. The van der Waals surface area contributed by atoms with E-state index in [-0.39, 0.29) is 11.3 Å². The average Bonchev–Trinajstić information content (AvgIpc) is 2.93. The number of rotatable bonds is 8. The van der Waals surface area contributed by atoms with Gasteiger partial charge in [0, 0.05) is 25.1 Å². The Morgan fingerprint density at radius 1 is 1.50 bits per heavy atom. The second-order valence-electron chi connectivity index (χ2n) is 5.63. The lowest BCUT2D eigenvalue weighted by atomic mass is 9.79. The van der Waals surface area contributed by atoms with E-state index in [1.165, 1.54) is 0 Å². The smallest absolute Gasteiger partial charge is 0.273 e. The Bertz CT molecular complexity index is 431. The van der Waals surface area contributed by atoms with Gasteiger partial charge in [0.25, 0.3) is 5.91 Å². The molecular formula is C15H27N3O2. The highest BCUT2D eigenvalue weighted by atomic mass is 16.5. The van der Waals surface area contributed by atoms with Crippen molar-refractivity contribution in [3.8, 4) is 0 Å². The van der Waals surface area contributed by atoms with Crippen molar-refractivity contribution in [2.45, 2.75) is 53.0 Å². The Morgan fingerprint density at radius 3 is 2.70 bits per heavy atom. The Balaban J connectivity index is 2.65. The standard InChI is InChI=1S/C15H27N3O2/c1-6-8-15(4,11(3)16-5)10-17-14(19)13-9-12(7-2)20-18-13/h9,11,16H,6-8,10H2,1-5H3,(H,17,19). The summed E-state index contributed by atoms with van der Waals surface area (Å²) < 4.78 is 5.06. The van der Waals surface area contributed by atoms with Crippen LogP contribution < -0.4 is 10.6 Å². The molecule has 0 saturated heterocycles. The maximum Gasteiger partial charge on any atom is 0.273 e. The van der Waals surface area contributed by atoms with Crippen molar-refractivity contribution in [2.24, 2.45) is 5.41 Å². The molecule has 0 bridgehead atoms. The van der Waals surface area contributed by atoms with Crippen LogP contribution in [0.25, 0.3) is 0 Å². The molecule has 0 spiro atoms.